The van der Waals surface area contributed by atoms with Gasteiger partial charge in [0.05, 0.1) is 12.2 Å². The van der Waals surface area contributed by atoms with Crippen LogP contribution in [0.2, 0.25) is 0 Å². The molecule has 4 rings (SSSR count). The quantitative estimate of drug-likeness (QED) is 0.535. The molecule has 1 aliphatic rings. The molecule has 3 aromatic rings. The monoisotopic (exact) mass is 469 g/mol. The van der Waals surface area contributed by atoms with E-state index in [4.69, 9.17) is 9.57 Å². The van der Waals surface area contributed by atoms with Gasteiger partial charge in [0.25, 0.3) is 0 Å². The van der Waals surface area contributed by atoms with Gasteiger partial charge in [-0.1, -0.05) is 0 Å². The molecule has 1 fully saturated rings. The fourth-order valence-corrected chi connectivity index (χ4v) is 4.04. The van der Waals surface area contributed by atoms with E-state index < -0.39 is 11.6 Å². The first-order chi connectivity index (χ1) is 16.4. The molecule has 2 atom stereocenters. The highest BCUT2D eigenvalue weighted by atomic mass is 19.1. The number of aromatic nitrogens is 2. The van der Waals surface area contributed by atoms with Gasteiger partial charge in [-0.2, -0.15) is 0 Å². The number of carbonyl (C=O) groups is 1. The number of pyridine rings is 2. The van der Waals surface area contributed by atoms with E-state index in [9.17, 15) is 13.6 Å². The SMILES string of the molecule is CO[n+]1ccc([C@@H]2CCCN([C@@H](C)C(=O)Nc3ccc(Oc4ccc(F)cc4F)cn3)C2)cc1. The number of amides is 1. The number of ether oxygens (including phenoxy) is 1. The average molecular weight is 470 g/mol. The van der Waals surface area contributed by atoms with Gasteiger partial charge in [0.2, 0.25) is 18.3 Å². The third-order valence-electron chi connectivity index (χ3n) is 6.00. The zero-order chi connectivity index (χ0) is 24.1. The van der Waals surface area contributed by atoms with Crippen LogP contribution in [0.5, 0.6) is 11.5 Å². The van der Waals surface area contributed by atoms with E-state index >= 15 is 0 Å². The van der Waals surface area contributed by atoms with Gasteiger partial charge in [0, 0.05) is 29.5 Å². The molecule has 0 spiro atoms. The van der Waals surface area contributed by atoms with Gasteiger partial charge in [0.15, 0.2) is 11.6 Å². The Morgan fingerprint density at radius 3 is 2.68 bits per heavy atom. The van der Waals surface area contributed by atoms with Crippen LogP contribution in [0.15, 0.2) is 61.1 Å². The number of rotatable bonds is 7. The van der Waals surface area contributed by atoms with Crippen LogP contribution in [0.4, 0.5) is 14.6 Å². The lowest BCUT2D eigenvalue weighted by Gasteiger charge is -2.36. The maximum absolute atomic E-state index is 13.8. The van der Waals surface area contributed by atoms with Gasteiger partial charge in [-0.15, -0.1) is 0 Å². The van der Waals surface area contributed by atoms with E-state index in [0.29, 0.717) is 11.7 Å². The number of halogens is 2. The first-order valence-electron chi connectivity index (χ1n) is 11.1. The lowest BCUT2D eigenvalue weighted by molar-refractivity contribution is -0.885. The van der Waals surface area contributed by atoms with E-state index in [0.717, 1.165) is 38.1 Å². The number of carbonyl (C=O) groups excluding carboxylic acids is 1. The number of anilines is 1. The third kappa shape index (κ3) is 5.66. The molecule has 7 nitrogen and oxygen atoms in total. The second-order valence-electron chi connectivity index (χ2n) is 8.23. The molecule has 0 unspecified atom stereocenters. The van der Waals surface area contributed by atoms with Gasteiger partial charge in [0.1, 0.15) is 24.5 Å². The first-order valence-corrected chi connectivity index (χ1v) is 11.1. The van der Waals surface area contributed by atoms with Crippen LogP contribution in [0.3, 0.4) is 0 Å². The highest BCUT2D eigenvalue weighted by Crippen LogP contribution is 2.28. The summed E-state index contributed by atoms with van der Waals surface area (Å²) in [6, 6.07) is 9.98. The Labute approximate surface area is 196 Å². The molecule has 1 amide bonds. The molecule has 2 aromatic heterocycles. The van der Waals surface area contributed by atoms with Crippen LogP contribution in [-0.2, 0) is 4.79 Å². The van der Waals surface area contributed by atoms with Crippen molar-refractivity contribution in [1.82, 2.24) is 9.88 Å². The number of nitrogens with zero attached hydrogens (tertiary/aromatic N) is 3. The van der Waals surface area contributed by atoms with Crippen molar-refractivity contribution in [2.75, 3.05) is 25.5 Å². The average Bonchev–Trinajstić information content (AvgIpc) is 2.86. The number of hydrogen-bond acceptors (Lipinski definition) is 5. The van der Waals surface area contributed by atoms with E-state index in [-0.39, 0.29) is 23.4 Å². The topological polar surface area (TPSA) is 67.6 Å². The van der Waals surface area contributed by atoms with Crippen LogP contribution < -0.4 is 19.6 Å². The Hall–Kier alpha value is -3.59. The molecule has 0 radical (unpaired) electrons. The van der Waals surface area contributed by atoms with Crippen LogP contribution in [0, 0.1) is 11.6 Å². The fraction of sp³-hybridized carbons (Fsp3) is 0.320. The minimum atomic E-state index is -0.806. The lowest BCUT2D eigenvalue weighted by atomic mass is 9.90. The minimum absolute atomic E-state index is 0.108. The van der Waals surface area contributed by atoms with Crippen molar-refractivity contribution >= 4 is 11.7 Å². The van der Waals surface area contributed by atoms with Crippen LogP contribution in [0.1, 0.15) is 31.2 Å². The fourth-order valence-electron chi connectivity index (χ4n) is 4.04. The Morgan fingerprint density at radius 1 is 1.21 bits per heavy atom. The van der Waals surface area contributed by atoms with Crippen molar-refractivity contribution in [3.8, 4) is 11.5 Å². The Balaban J connectivity index is 1.34. The van der Waals surface area contributed by atoms with Crippen molar-refractivity contribution in [1.29, 1.82) is 0 Å². The maximum Gasteiger partial charge on any atom is 0.242 e. The van der Waals surface area contributed by atoms with Crippen LogP contribution in [0.25, 0.3) is 0 Å². The van der Waals surface area contributed by atoms with Crippen molar-refractivity contribution in [3.05, 3.63) is 78.3 Å². The zero-order valence-electron chi connectivity index (χ0n) is 19.1. The van der Waals surface area contributed by atoms with Crippen LogP contribution >= 0.6 is 0 Å². The van der Waals surface area contributed by atoms with E-state index in [1.54, 1.807) is 24.0 Å². The summed E-state index contributed by atoms with van der Waals surface area (Å²) in [5.41, 5.74) is 1.22. The lowest BCUT2D eigenvalue weighted by Crippen LogP contribution is -2.46. The Bertz CT molecular complexity index is 1130. The van der Waals surface area contributed by atoms with E-state index in [2.05, 4.69) is 15.2 Å². The van der Waals surface area contributed by atoms with Crippen molar-refractivity contribution in [2.24, 2.45) is 0 Å². The summed E-state index contributed by atoms with van der Waals surface area (Å²) in [6.45, 7) is 3.52. The summed E-state index contributed by atoms with van der Waals surface area (Å²) in [4.78, 5) is 24.4. The zero-order valence-corrected chi connectivity index (χ0v) is 19.1. The van der Waals surface area contributed by atoms with Gasteiger partial charge in [-0.05, 0) is 62.1 Å². The van der Waals surface area contributed by atoms with Gasteiger partial charge >= 0.3 is 0 Å². The summed E-state index contributed by atoms with van der Waals surface area (Å²) in [5.74, 6) is -0.771. The van der Waals surface area contributed by atoms with Gasteiger partial charge in [-0.25, -0.2) is 13.8 Å². The highest BCUT2D eigenvalue weighted by molar-refractivity contribution is 5.93. The molecule has 0 bridgehead atoms. The third-order valence-corrected chi connectivity index (χ3v) is 6.00. The maximum atomic E-state index is 13.8. The normalized spacial score (nSPS) is 17.1. The molecule has 3 heterocycles. The molecule has 178 valence electrons. The summed E-state index contributed by atoms with van der Waals surface area (Å²) in [7, 11) is 1.61. The van der Waals surface area contributed by atoms with Crippen LogP contribution in [-0.4, -0.2) is 42.0 Å². The smallest absolute Gasteiger partial charge is 0.242 e. The van der Waals surface area contributed by atoms with E-state index in [1.807, 2.05) is 31.5 Å². The van der Waals surface area contributed by atoms with Gasteiger partial charge in [-0.3, -0.25) is 14.5 Å². The van der Waals surface area contributed by atoms with Crippen molar-refractivity contribution in [3.63, 3.8) is 0 Å². The molecular weight excluding hydrogens is 442 g/mol. The van der Waals surface area contributed by atoms with Gasteiger partial charge < -0.3 is 10.1 Å². The second kappa shape index (κ2) is 10.6. The number of nitrogens with one attached hydrogen (secondary N) is 1. The molecule has 1 aromatic carbocycles. The number of likely N-dealkylation sites (tertiary alicyclic amines) is 1. The minimum Gasteiger partial charge on any atom is -0.453 e. The molecule has 0 aliphatic carbocycles. The Morgan fingerprint density at radius 2 is 2.00 bits per heavy atom. The Kier molecular flexibility index (Phi) is 7.32. The summed E-state index contributed by atoms with van der Waals surface area (Å²) in [6.07, 6.45) is 7.22. The molecule has 1 N–H and O–H groups in total. The molecule has 1 aliphatic heterocycles. The second-order valence-corrected chi connectivity index (χ2v) is 8.23. The summed E-state index contributed by atoms with van der Waals surface area (Å²) < 4.78 is 33.8. The predicted octanol–water partition coefficient (Wildman–Crippen LogP) is 3.70. The molecular formula is C25H27F2N4O3+. The van der Waals surface area contributed by atoms with Crippen molar-refractivity contribution in [2.45, 2.75) is 31.7 Å². The predicted molar refractivity (Wildman–Crippen MR) is 121 cm³/mol. The first kappa shape index (κ1) is 23.6. The number of piperidine rings is 1. The molecule has 9 heteroatoms. The molecule has 34 heavy (non-hydrogen) atoms. The summed E-state index contributed by atoms with van der Waals surface area (Å²) in [5, 5.41) is 2.83. The number of hydrogen-bond donors (Lipinski definition) is 1. The van der Waals surface area contributed by atoms with Crippen molar-refractivity contribution < 1.29 is 27.9 Å². The highest BCUT2D eigenvalue weighted by Gasteiger charge is 2.28. The molecule has 0 saturated carbocycles. The molecule has 1 saturated heterocycles. The standard InChI is InChI=1S/C25H26F2N4O3/c1-17(30-11-3-4-19(16-30)18-9-12-31(33-2)13-10-18)25(32)29-24-8-6-21(15-28-24)34-23-7-5-20(26)14-22(23)27/h5-10,12-15,17,19H,3-4,11,16H2,1-2H3/p+1/t17-,19+/m0/s1. The number of benzene rings is 1. The largest absolute Gasteiger partial charge is 0.453 e. The van der Waals surface area contributed by atoms with E-state index in [1.165, 1.54) is 17.8 Å². The summed E-state index contributed by atoms with van der Waals surface area (Å²) >= 11 is 0.